The molecule has 2 rings (SSSR count). The molecule has 0 heterocycles. The minimum absolute atomic E-state index is 0.0149. The van der Waals surface area contributed by atoms with Crippen molar-refractivity contribution in [3.63, 3.8) is 0 Å². The van der Waals surface area contributed by atoms with E-state index in [1.807, 2.05) is 12.2 Å². The average Bonchev–Trinajstić information content (AvgIpc) is 2.68. The van der Waals surface area contributed by atoms with E-state index in [0.717, 1.165) is 12.8 Å². The SMILES string of the molecule is Nc1cccc(CS(=O)(=O)NC2CC=CC2)c1. The monoisotopic (exact) mass is 252 g/mol. The topological polar surface area (TPSA) is 72.2 Å². The number of rotatable bonds is 4. The van der Waals surface area contributed by atoms with E-state index in [1.165, 1.54) is 0 Å². The van der Waals surface area contributed by atoms with Gasteiger partial charge in [-0.2, -0.15) is 0 Å². The Hall–Kier alpha value is -1.33. The van der Waals surface area contributed by atoms with Crippen LogP contribution in [0.3, 0.4) is 0 Å². The summed E-state index contributed by atoms with van der Waals surface area (Å²) >= 11 is 0. The van der Waals surface area contributed by atoms with Crippen LogP contribution in [-0.2, 0) is 15.8 Å². The first kappa shape index (κ1) is 12.1. The van der Waals surface area contributed by atoms with Crippen molar-refractivity contribution in [1.29, 1.82) is 0 Å². The van der Waals surface area contributed by atoms with Gasteiger partial charge in [0, 0.05) is 11.7 Å². The van der Waals surface area contributed by atoms with Crippen molar-refractivity contribution >= 4 is 15.7 Å². The predicted octanol–water partition coefficient (Wildman–Crippen LogP) is 1.41. The van der Waals surface area contributed by atoms with E-state index in [-0.39, 0.29) is 11.8 Å². The smallest absolute Gasteiger partial charge is 0.216 e. The summed E-state index contributed by atoms with van der Waals surface area (Å²) in [5, 5.41) is 0. The van der Waals surface area contributed by atoms with Crippen LogP contribution in [-0.4, -0.2) is 14.5 Å². The molecule has 1 aliphatic carbocycles. The second-order valence-corrected chi connectivity index (χ2v) is 6.02. The molecule has 0 aromatic heterocycles. The minimum atomic E-state index is -3.28. The zero-order valence-corrected chi connectivity index (χ0v) is 10.3. The Bertz CT molecular complexity index is 515. The molecule has 0 saturated heterocycles. The van der Waals surface area contributed by atoms with Crippen LogP contribution >= 0.6 is 0 Å². The number of nitrogen functional groups attached to an aromatic ring is 1. The third kappa shape index (κ3) is 3.57. The lowest BCUT2D eigenvalue weighted by molar-refractivity contribution is 0.556. The van der Waals surface area contributed by atoms with Gasteiger partial charge >= 0.3 is 0 Å². The van der Waals surface area contributed by atoms with Crippen LogP contribution in [0.1, 0.15) is 18.4 Å². The zero-order chi connectivity index (χ0) is 12.3. The van der Waals surface area contributed by atoms with E-state index in [2.05, 4.69) is 4.72 Å². The number of benzene rings is 1. The van der Waals surface area contributed by atoms with Gasteiger partial charge in [-0.3, -0.25) is 0 Å². The van der Waals surface area contributed by atoms with Crippen molar-refractivity contribution < 1.29 is 8.42 Å². The van der Waals surface area contributed by atoms with Crippen LogP contribution in [0.15, 0.2) is 36.4 Å². The second kappa shape index (κ2) is 4.89. The van der Waals surface area contributed by atoms with Crippen LogP contribution in [0.4, 0.5) is 5.69 Å². The van der Waals surface area contributed by atoms with Gasteiger partial charge in [0.25, 0.3) is 0 Å². The molecule has 0 bridgehead atoms. The number of hydrogen-bond acceptors (Lipinski definition) is 3. The molecule has 4 nitrogen and oxygen atoms in total. The number of sulfonamides is 1. The highest BCUT2D eigenvalue weighted by atomic mass is 32.2. The molecule has 0 radical (unpaired) electrons. The highest BCUT2D eigenvalue weighted by molar-refractivity contribution is 7.88. The first-order valence-corrected chi connectivity index (χ1v) is 7.20. The molecule has 0 unspecified atom stereocenters. The normalized spacial score (nSPS) is 16.5. The number of hydrogen-bond donors (Lipinski definition) is 2. The molecule has 0 atom stereocenters. The second-order valence-electron chi connectivity index (χ2n) is 4.26. The van der Waals surface area contributed by atoms with Crippen LogP contribution < -0.4 is 10.5 Å². The molecule has 0 saturated carbocycles. The van der Waals surface area contributed by atoms with E-state index >= 15 is 0 Å². The maximum atomic E-state index is 11.9. The molecule has 0 fully saturated rings. The van der Waals surface area contributed by atoms with Crippen molar-refractivity contribution in [3.05, 3.63) is 42.0 Å². The number of anilines is 1. The van der Waals surface area contributed by atoms with E-state index in [9.17, 15) is 8.42 Å². The summed E-state index contributed by atoms with van der Waals surface area (Å²) in [5.74, 6) is -0.0193. The maximum Gasteiger partial charge on any atom is 0.216 e. The molecule has 1 aromatic carbocycles. The lowest BCUT2D eigenvalue weighted by Crippen LogP contribution is -2.33. The Morgan fingerprint density at radius 3 is 2.65 bits per heavy atom. The fourth-order valence-corrected chi connectivity index (χ4v) is 3.31. The summed E-state index contributed by atoms with van der Waals surface area (Å²) < 4.78 is 26.5. The molecule has 1 aromatic rings. The van der Waals surface area contributed by atoms with E-state index in [4.69, 9.17) is 5.73 Å². The summed E-state index contributed by atoms with van der Waals surface area (Å²) in [6, 6.07) is 6.97. The lowest BCUT2D eigenvalue weighted by atomic mass is 10.2. The van der Waals surface area contributed by atoms with Gasteiger partial charge in [-0.25, -0.2) is 13.1 Å². The van der Waals surface area contributed by atoms with Crippen LogP contribution in [0.25, 0.3) is 0 Å². The summed E-state index contributed by atoms with van der Waals surface area (Å²) in [6.07, 6.45) is 5.54. The Morgan fingerprint density at radius 1 is 1.29 bits per heavy atom. The highest BCUT2D eigenvalue weighted by Gasteiger charge is 2.18. The predicted molar refractivity (Wildman–Crippen MR) is 68.8 cm³/mol. The standard InChI is InChI=1S/C12H16N2O2S/c13-11-5-3-4-10(8-11)9-17(15,16)14-12-6-1-2-7-12/h1-5,8,12,14H,6-7,9,13H2. The number of nitrogens with two attached hydrogens (primary N) is 1. The fraction of sp³-hybridized carbons (Fsp3) is 0.333. The Balaban J connectivity index is 2.01. The summed E-state index contributed by atoms with van der Waals surface area (Å²) in [4.78, 5) is 0. The number of nitrogens with one attached hydrogen (secondary N) is 1. The quantitative estimate of drug-likeness (QED) is 0.628. The Morgan fingerprint density at radius 2 is 2.00 bits per heavy atom. The van der Waals surface area contributed by atoms with Crippen molar-refractivity contribution in [2.45, 2.75) is 24.6 Å². The summed E-state index contributed by atoms with van der Waals surface area (Å²) in [5.41, 5.74) is 6.91. The van der Waals surface area contributed by atoms with Gasteiger partial charge in [-0.1, -0.05) is 24.3 Å². The molecule has 92 valence electrons. The molecular formula is C12H16N2O2S. The first-order chi connectivity index (χ1) is 8.05. The third-order valence-corrected chi connectivity index (χ3v) is 4.07. The van der Waals surface area contributed by atoms with Gasteiger partial charge in [-0.05, 0) is 30.5 Å². The summed E-state index contributed by atoms with van der Waals surface area (Å²) in [7, 11) is -3.28. The van der Waals surface area contributed by atoms with Crippen LogP contribution in [0, 0.1) is 0 Å². The molecule has 17 heavy (non-hydrogen) atoms. The van der Waals surface area contributed by atoms with Gasteiger partial charge in [0.15, 0.2) is 0 Å². The largest absolute Gasteiger partial charge is 0.399 e. The fourth-order valence-electron chi connectivity index (χ4n) is 1.91. The van der Waals surface area contributed by atoms with Crippen molar-refractivity contribution in [2.75, 3.05) is 5.73 Å². The van der Waals surface area contributed by atoms with Gasteiger partial charge < -0.3 is 5.73 Å². The van der Waals surface area contributed by atoms with Crippen LogP contribution in [0.2, 0.25) is 0 Å². The Kier molecular flexibility index (Phi) is 3.49. The van der Waals surface area contributed by atoms with Gasteiger partial charge in [0.05, 0.1) is 5.75 Å². The molecule has 1 aliphatic rings. The maximum absolute atomic E-state index is 11.9. The molecule has 3 N–H and O–H groups in total. The molecular weight excluding hydrogens is 236 g/mol. The lowest BCUT2D eigenvalue weighted by Gasteiger charge is -2.12. The van der Waals surface area contributed by atoms with Crippen molar-refractivity contribution in [2.24, 2.45) is 0 Å². The van der Waals surface area contributed by atoms with E-state index in [1.54, 1.807) is 24.3 Å². The molecule has 0 aliphatic heterocycles. The van der Waals surface area contributed by atoms with Crippen molar-refractivity contribution in [1.82, 2.24) is 4.72 Å². The van der Waals surface area contributed by atoms with E-state index in [0.29, 0.717) is 11.3 Å². The molecule has 0 amide bonds. The highest BCUT2D eigenvalue weighted by Crippen LogP contribution is 2.14. The van der Waals surface area contributed by atoms with Gasteiger partial charge in [-0.15, -0.1) is 0 Å². The van der Waals surface area contributed by atoms with E-state index < -0.39 is 10.0 Å². The minimum Gasteiger partial charge on any atom is -0.399 e. The first-order valence-electron chi connectivity index (χ1n) is 5.54. The van der Waals surface area contributed by atoms with Crippen molar-refractivity contribution in [3.8, 4) is 0 Å². The molecule has 5 heteroatoms. The Labute approximate surface area is 102 Å². The van der Waals surface area contributed by atoms with Gasteiger partial charge in [0.2, 0.25) is 10.0 Å². The average molecular weight is 252 g/mol. The van der Waals surface area contributed by atoms with Crippen LogP contribution in [0.5, 0.6) is 0 Å². The third-order valence-electron chi connectivity index (χ3n) is 2.66. The molecule has 0 spiro atoms. The zero-order valence-electron chi connectivity index (χ0n) is 9.46. The summed E-state index contributed by atoms with van der Waals surface area (Å²) in [6.45, 7) is 0. The van der Waals surface area contributed by atoms with Gasteiger partial charge in [0.1, 0.15) is 0 Å².